The van der Waals surface area contributed by atoms with Crippen molar-refractivity contribution in [1.29, 1.82) is 0 Å². The molecule has 0 aliphatic carbocycles. The molecule has 0 heterocycles. The molecule has 5 heteroatoms. The van der Waals surface area contributed by atoms with Gasteiger partial charge in [0, 0.05) is 5.56 Å². The van der Waals surface area contributed by atoms with Crippen LogP contribution in [0.3, 0.4) is 0 Å². The number of rotatable bonds is 4. The molecule has 1 rings (SSSR count). The maximum absolute atomic E-state index is 10.8. The van der Waals surface area contributed by atoms with Crippen molar-refractivity contribution in [3.8, 4) is 5.75 Å². The second kappa shape index (κ2) is 5.69. The minimum Gasteiger partial charge on any atom is -0.507 e. The molecule has 0 saturated carbocycles. The lowest BCUT2D eigenvalue weighted by Gasteiger charge is -2.00. The second-order valence-electron chi connectivity index (χ2n) is 3.26. The fraction of sp³-hybridized carbons (Fsp3) is 0.167. The third kappa shape index (κ3) is 3.64. The topological polar surface area (TPSA) is 83.8 Å². The number of carboxylic acid groups (broad SMARTS) is 1. The summed E-state index contributed by atoms with van der Waals surface area (Å²) in [5.74, 6) is -1.64. The molecule has 0 spiro atoms. The summed E-state index contributed by atoms with van der Waals surface area (Å²) in [6, 6.07) is 3.99. The molecule has 0 amide bonds. The van der Waals surface area contributed by atoms with E-state index in [0.29, 0.717) is 5.56 Å². The first-order chi connectivity index (χ1) is 8.04. The van der Waals surface area contributed by atoms with Crippen LogP contribution in [0.25, 0.3) is 6.08 Å². The van der Waals surface area contributed by atoms with Crippen LogP contribution in [0.4, 0.5) is 0 Å². The summed E-state index contributed by atoms with van der Waals surface area (Å²) in [5, 5.41) is 18.2. The Kier molecular flexibility index (Phi) is 4.28. The van der Waals surface area contributed by atoms with Crippen LogP contribution in [-0.4, -0.2) is 29.3 Å². The molecule has 1 aromatic carbocycles. The van der Waals surface area contributed by atoms with Crippen molar-refractivity contribution in [2.24, 2.45) is 0 Å². The molecule has 90 valence electrons. The van der Waals surface area contributed by atoms with Crippen LogP contribution in [0.5, 0.6) is 5.75 Å². The Balaban J connectivity index is 2.79. The van der Waals surface area contributed by atoms with Gasteiger partial charge < -0.3 is 14.9 Å². The van der Waals surface area contributed by atoms with E-state index < -0.39 is 5.97 Å². The lowest BCUT2D eigenvalue weighted by molar-refractivity contribution is -0.139. The number of carbonyl (C=O) groups excluding carboxylic acids is 1. The van der Waals surface area contributed by atoms with Gasteiger partial charge in [0.05, 0.1) is 19.1 Å². The van der Waals surface area contributed by atoms with E-state index in [1.54, 1.807) is 0 Å². The minimum atomic E-state index is -1.11. The number of carboxylic acids is 1. The predicted octanol–water partition coefficient (Wildman–Crippen LogP) is 1.67. The van der Waals surface area contributed by atoms with Crippen LogP contribution in [0.15, 0.2) is 24.3 Å². The maximum atomic E-state index is 10.8. The number of ether oxygens (including phenoxy) is 1. The summed E-state index contributed by atoms with van der Waals surface area (Å²) in [7, 11) is 1.29. The lowest BCUT2D eigenvalue weighted by atomic mass is 10.1. The van der Waals surface area contributed by atoms with Gasteiger partial charge in [-0.3, -0.25) is 4.79 Å². The van der Waals surface area contributed by atoms with Gasteiger partial charge in [0.2, 0.25) is 0 Å². The molecule has 2 N–H and O–H groups in total. The van der Waals surface area contributed by atoms with Gasteiger partial charge >= 0.3 is 11.9 Å². The average Bonchev–Trinajstić information content (AvgIpc) is 2.30. The first-order valence-corrected chi connectivity index (χ1v) is 4.84. The fourth-order valence-corrected chi connectivity index (χ4v) is 1.18. The third-order valence-electron chi connectivity index (χ3n) is 2.09. The third-order valence-corrected chi connectivity index (χ3v) is 2.09. The quantitative estimate of drug-likeness (QED) is 0.777. The van der Waals surface area contributed by atoms with Crippen LogP contribution >= 0.6 is 0 Å². The van der Waals surface area contributed by atoms with E-state index in [1.807, 2.05) is 0 Å². The molecule has 17 heavy (non-hydrogen) atoms. The van der Waals surface area contributed by atoms with Crippen molar-refractivity contribution in [3.05, 3.63) is 35.4 Å². The minimum absolute atomic E-state index is 0.00705. The molecule has 1 aromatic rings. The van der Waals surface area contributed by atoms with Crippen molar-refractivity contribution in [2.45, 2.75) is 6.42 Å². The van der Waals surface area contributed by atoms with Gasteiger partial charge in [-0.05, 0) is 12.1 Å². The van der Waals surface area contributed by atoms with E-state index in [0.717, 1.165) is 6.07 Å². The van der Waals surface area contributed by atoms with Gasteiger partial charge in [0.25, 0.3) is 0 Å². The van der Waals surface area contributed by atoms with E-state index in [-0.39, 0.29) is 23.7 Å². The molecule has 0 aliphatic heterocycles. The zero-order chi connectivity index (χ0) is 12.8. The lowest BCUT2D eigenvalue weighted by Crippen LogP contribution is -1.97. The number of aromatic carboxylic acids is 1. The molecule has 0 unspecified atom stereocenters. The molecule has 0 radical (unpaired) electrons. The number of carbonyl (C=O) groups is 2. The number of aromatic hydroxyl groups is 1. The molecular weight excluding hydrogens is 224 g/mol. The van der Waals surface area contributed by atoms with Gasteiger partial charge in [0.15, 0.2) is 0 Å². The summed E-state index contributed by atoms with van der Waals surface area (Å²) in [6.07, 6.45) is 3.15. The number of phenolic OH excluding ortho intramolecular Hbond substituents is 1. The standard InChI is InChI=1S/C12H12O5/c1-17-11(14)4-2-3-8-5-6-9(12(15)16)7-10(8)13/h2-3,5-7,13H,4H2,1H3,(H,15,16). The Hall–Kier alpha value is -2.30. The molecule has 0 aromatic heterocycles. The molecule has 0 bridgehead atoms. The normalized spacial score (nSPS) is 10.4. The second-order valence-corrected chi connectivity index (χ2v) is 3.26. The number of phenols is 1. The highest BCUT2D eigenvalue weighted by molar-refractivity contribution is 5.88. The summed E-state index contributed by atoms with van der Waals surface area (Å²) in [4.78, 5) is 21.4. The number of esters is 1. The highest BCUT2D eigenvalue weighted by atomic mass is 16.5. The first-order valence-electron chi connectivity index (χ1n) is 4.84. The van der Waals surface area contributed by atoms with Crippen molar-refractivity contribution >= 4 is 18.0 Å². The predicted molar refractivity (Wildman–Crippen MR) is 60.7 cm³/mol. The largest absolute Gasteiger partial charge is 0.507 e. The van der Waals surface area contributed by atoms with Gasteiger partial charge in [-0.1, -0.05) is 18.2 Å². The van der Waals surface area contributed by atoms with E-state index in [4.69, 9.17) is 5.11 Å². The van der Waals surface area contributed by atoms with E-state index in [9.17, 15) is 14.7 Å². The van der Waals surface area contributed by atoms with Crippen LogP contribution in [0.1, 0.15) is 22.3 Å². The molecule has 0 saturated heterocycles. The van der Waals surface area contributed by atoms with Crippen molar-refractivity contribution in [2.75, 3.05) is 7.11 Å². The van der Waals surface area contributed by atoms with Gasteiger partial charge in [-0.15, -0.1) is 0 Å². The molecule has 5 nitrogen and oxygen atoms in total. The van der Waals surface area contributed by atoms with Crippen LogP contribution in [0, 0.1) is 0 Å². The van der Waals surface area contributed by atoms with Crippen molar-refractivity contribution in [1.82, 2.24) is 0 Å². The first kappa shape index (κ1) is 12.8. The molecule has 0 atom stereocenters. The van der Waals surface area contributed by atoms with Crippen molar-refractivity contribution in [3.63, 3.8) is 0 Å². The molecule has 0 fully saturated rings. The smallest absolute Gasteiger partial charge is 0.335 e. The number of hydrogen-bond acceptors (Lipinski definition) is 4. The van der Waals surface area contributed by atoms with E-state index in [1.165, 1.54) is 31.4 Å². The molecule has 0 aliphatic rings. The van der Waals surface area contributed by atoms with E-state index >= 15 is 0 Å². The van der Waals surface area contributed by atoms with E-state index in [2.05, 4.69) is 4.74 Å². The van der Waals surface area contributed by atoms with Crippen LogP contribution in [0.2, 0.25) is 0 Å². The van der Waals surface area contributed by atoms with Gasteiger partial charge in [-0.25, -0.2) is 4.79 Å². The average molecular weight is 236 g/mol. The van der Waals surface area contributed by atoms with Crippen LogP contribution in [-0.2, 0) is 9.53 Å². The zero-order valence-electron chi connectivity index (χ0n) is 9.21. The molecular formula is C12H12O5. The summed E-state index contributed by atoms with van der Waals surface area (Å²) >= 11 is 0. The Morgan fingerprint density at radius 1 is 1.41 bits per heavy atom. The zero-order valence-corrected chi connectivity index (χ0v) is 9.21. The van der Waals surface area contributed by atoms with Gasteiger partial charge in [-0.2, -0.15) is 0 Å². The van der Waals surface area contributed by atoms with Crippen molar-refractivity contribution < 1.29 is 24.5 Å². The number of methoxy groups -OCH3 is 1. The monoisotopic (exact) mass is 236 g/mol. The highest BCUT2D eigenvalue weighted by Crippen LogP contribution is 2.20. The summed E-state index contributed by atoms with van der Waals surface area (Å²) in [6.45, 7) is 0. The SMILES string of the molecule is COC(=O)CC=Cc1ccc(C(=O)O)cc1O. The Bertz CT molecular complexity index is 462. The summed E-state index contributed by atoms with van der Waals surface area (Å²) in [5.41, 5.74) is 0.450. The highest BCUT2D eigenvalue weighted by Gasteiger charge is 2.05. The number of hydrogen-bond donors (Lipinski definition) is 2. The fourth-order valence-electron chi connectivity index (χ4n) is 1.18. The summed E-state index contributed by atoms with van der Waals surface area (Å²) < 4.78 is 4.44. The van der Waals surface area contributed by atoms with Crippen LogP contribution < -0.4 is 0 Å². The Morgan fingerprint density at radius 2 is 2.12 bits per heavy atom. The number of benzene rings is 1. The Labute approximate surface area is 98.0 Å². The Morgan fingerprint density at radius 3 is 2.65 bits per heavy atom. The van der Waals surface area contributed by atoms with Gasteiger partial charge in [0.1, 0.15) is 5.75 Å². The maximum Gasteiger partial charge on any atom is 0.335 e.